The van der Waals surface area contributed by atoms with Crippen molar-refractivity contribution >= 4 is 40.0 Å². The lowest BCUT2D eigenvalue weighted by Gasteiger charge is -2.62. The summed E-state index contributed by atoms with van der Waals surface area (Å²) in [7, 11) is -5.22. The number of guanidine groups is 1. The second-order valence-electron chi connectivity index (χ2n) is 8.52. The van der Waals surface area contributed by atoms with Crippen LogP contribution in [0.3, 0.4) is 0 Å². The molecule has 0 saturated carbocycles. The topological polar surface area (TPSA) is 65.0 Å². The second-order valence-corrected chi connectivity index (χ2v) is 10.4. The highest BCUT2D eigenvalue weighted by atomic mass is 127. The van der Waals surface area contributed by atoms with Gasteiger partial charge in [0, 0.05) is 43.7 Å². The van der Waals surface area contributed by atoms with Gasteiger partial charge in [0.15, 0.2) is 5.96 Å². The van der Waals surface area contributed by atoms with E-state index in [4.69, 9.17) is 4.99 Å². The first-order chi connectivity index (χ1) is 12.2. The molecule has 0 aromatic rings. The van der Waals surface area contributed by atoms with Gasteiger partial charge in [0.2, 0.25) is 0 Å². The standard InChI is InChI=1S/C17H31F3N4O2S.HI/c1-6-21-14(24-12-15(2,3)16(24,4)5)22-11-13-7-9-23(10-8-13)27(25,26)17(18,19)20;/h13H,6-12H2,1-5H3,(H,21,22);1H. The number of hydrogen-bond acceptors (Lipinski definition) is 3. The third kappa shape index (κ3) is 4.88. The van der Waals surface area contributed by atoms with Gasteiger partial charge in [-0.2, -0.15) is 17.5 Å². The van der Waals surface area contributed by atoms with Crippen molar-refractivity contribution in [1.29, 1.82) is 0 Å². The Hall–Kier alpha value is -0.300. The lowest BCUT2D eigenvalue weighted by Crippen LogP contribution is -2.72. The van der Waals surface area contributed by atoms with Crippen molar-refractivity contribution in [2.45, 2.75) is 58.5 Å². The summed E-state index contributed by atoms with van der Waals surface area (Å²) < 4.78 is 61.5. The summed E-state index contributed by atoms with van der Waals surface area (Å²) in [6, 6.07) is 0. The van der Waals surface area contributed by atoms with E-state index in [9.17, 15) is 21.6 Å². The monoisotopic (exact) mass is 540 g/mol. The molecule has 2 fully saturated rings. The third-order valence-electron chi connectivity index (χ3n) is 6.18. The molecule has 0 aromatic carbocycles. The highest BCUT2D eigenvalue weighted by Gasteiger charge is 2.54. The van der Waals surface area contributed by atoms with Crippen LogP contribution in [0.2, 0.25) is 0 Å². The molecule has 11 heteroatoms. The number of hydrogen-bond donors (Lipinski definition) is 1. The molecule has 1 N–H and O–H groups in total. The molecule has 6 nitrogen and oxygen atoms in total. The molecule has 2 saturated heterocycles. The van der Waals surface area contributed by atoms with Crippen molar-refractivity contribution in [2.24, 2.45) is 16.3 Å². The Bertz CT molecular complexity index is 672. The minimum atomic E-state index is -5.23. The summed E-state index contributed by atoms with van der Waals surface area (Å²) in [6.45, 7) is 12.6. The van der Waals surface area contributed by atoms with E-state index in [1.54, 1.807) is 0 Å². The molecule has 0 aromatic heterocycles. The van der Waals surface area contributed by atoms with E-state index >= 15 is 0 Å². The Labute approximate surface area is 183 Å². The van der Waals surface area contributed by atoms with Crippen LogP contribution in [-0.2, 0) is 10.0 Å². The van der Waals surface area contributed by atoms with Crippen LogP contribution in [-0.4, -0.2) is 67.4 Å². The molecule has 2 rings (SSSR count). The van der Waals surface area contributed by atoms with Gasteiger partial charge >= 0.3 is 15.5 Å². The van der Waals surface area contributed by atoms with Crippen LogP contribution in [0.15, 0.2) is 4.99 Å². The first-order valence-corrected chi connectivity index (χ1v) is 10.8. The number of sulfonamides is 1. The zero-order chi connectivity index (χ0) is 20.7. The minimum absolute atomic E-state index is 0. The molecular formula is C17H32F3IN4O2S. The maximum Gasteiger partial charge on any atom is 0.511 e. The molecule has 0 amide bonds. The quantitative estimate of drug-likeness (QED) is 0.338. The van der Waals surface area contributed by atoms with E-state index in [2.05, 4.69) is 37.9 Å². The lowest BCUT2D eigenvalue weighted by atomic mass is 9.65. The van der Waals surface area contributed by atoms with E-state index in [1.165, 1.54) is 0 Å². The Morgan fingerprint density at radius 3 is 2.11 bits per heavy atom. The van der Waals surface area contributed by atoms with Crippen LogP contribution < -0.4 is 5.32 Å². The van der Waals surface area contributed by atoms with Crippen LogP contribution in [0, 0.1) is 11.3 Å². The summed E-state index contributed by atoms with van der Waals surface area (Å²) >= 11 is 0. The van der Waals surface area contributed by atoms with Crippen molar-refractivity contribution in [1.82, 2.24) is 14.5 Å². The maximum absolute atomic E-state index is 12.7. The fourth-order valence-electron chi connectivity index (χ4n) is 3.49. The van der Waals surface area contributed by atoms with E-state index in [0.29, 0.717) is 23.7 Å². The van der Waals surface area contributed by atoms with Crippen molar-refractivity contribution < 1.29 is 21.6 Å². The second kappa shape index (κ2) is 8.83. The lowest BCUT2D eigenvalue weighted by molar-refractivity contribution is -0.0668. The molecule has 0 atom stereocenters. The average Bonchev–Trinajstić information content (AvgIpc) is 2.56. The van der Waals surface area contributed by atoms with Gasteiger partial charge in [-0.05, 0) is 39.5 Å². The summed E-state index contributed by atoms with van der Waals surface area (Å²) in [5, 5.41) is 3.29. The predicted octanol–water partition coefficient (Wildman–Crippen LogP) is 3.25. The smallest absolute Gasteiger partial charge is 0.356 e. The summed E-state index contributed by atoms with van der Waals surface area (Å²) in [5.41, 5.74) is -5.11. The maximum atomic E-state index is 12.7. The number of likely N-dealkylation sites (tertiary alicyclic amines) is 1. The largest absolute Gasteiger partial charge is 0.511 e. The Morgan fingerprint density at radius 1 is 1.18 bits per heavy atom. The Kier molecular flexibility index (Phi) is 8.11. The molecule has 0 unspecified atom stereocenters. The summed E-state index contributed by atoms with van der Waals surface area (Å²) in [6.07, 6.45) is 0.764. The summed E-state index contributed by atoms with van der Waals surface area (Å²) in [5.74, 6) is 0.892. The zero-order valence-corrected chi connectivity index (χ0v) is 20.3. The molecule has 0 spiro atoms. The number of piperidine rings is 1. The fourth-order valence-corrected chi connectivity index (χ4v) is 4.47. The van der Waals surface area contributed by atoms with Gasteiger partial charge in [0.05, 0.1) is 0 Å². The molecule has 0 bridgehead atoms. The molecule has 28 heavy (non-hydrogen) atoms. The minimum Gasteiger partial charge on any atom is -0.356 e. The van der Waals surface area contributed by atoms with Crippen LogP contribution >= 0.6 is 24.0 Å². The highest BCUT2D eigenvalue weighted by molar-refractivity contribution is 14.0. The fraction of sp³-hybridized carbons (Fsp3) is 0.941. The number of alkyl halides is 3. The van der Waals surface area contributed by atoms with Crippen LogP contribution in [0.1, 0.15) is 47.5 Å². The highest BCUT2D eigenvalue weighted by Crippen LogP contribution is 2.46. The van der Waals surface area contributed by atoms with E-state index in [1.807, 2.05) is 6.92 Å². The van der Waals surface area contributed by atoms with Gasteiger partial charge in [-0.25, -0.2) is 8.42 Å². The van der Waals surface area contributed by atoms with Gasteiger partial charge in [-0.3, -0.25) is 4.99 Å². The first-order valence-electron chi connectivity index (χ1n) is 9.36. The van der Waals surface area contributed by atoms with E-state index in [0.717, 1.165) is 19.0 Å². The van der Waals surface area contributed by atoms with Gasteiger partial charge < -0.3 is 10.2 Å². The SMILES string of the molecule is CCNC(=NCC1CCN(S(=O)(=O)C(F)(F)F)CC1)N1CC(C)(C)C1(C)C.I. The van der Waals surface area contributed by atoms with Crippen LogP contribution in [0.4, 0.5) is 13.2 Å². The van der Waals surface area contributed by atoms with Crippen molar-refractivity contribution in [3.8, 4) is 0 Å². The first kappa shape index (κ1) is 25.7. The molecule has 0 radical (unpaired) electrons. The molecule has 2 heterocycles. The van der Waals surface area contributed by atoms with E-state index in [-0.39, 0.29) is 53.9 Å². The van der Waals surface area contributed by atoms with Crippen molar-refractivity contribution in [3.05, 3.63) is 0 Å². The van der Waals surface area contributed by atoms with Gasteiger partial charge in [-0.1, -0.05) is 13.8 Å². The number of rotatable bonds is 4. The number of nitrogens with one attached hydrogen (secondary N) is 1. The number of nitrogens with zero attached hydrogens (tertiary/aromatic N) is 3. The molecule has 0 aliphatic carbocycles. The molecular weight excluding hydrogens is 508 g/mol. The van der Waals surface area contributed by atoms with Crippen LogP contribution in [0.5, 0.6) is 0 Å². The third-order valence-corrected chi connectivity index (χ3v) is 7.81. The average molecular weight is 540 g/mol. The normalized spacial score (nSPS) is 23.7. The van der Waals surface area contributed by atoms with Crippen molar-refractivity contribution in [2.75, 3.05) is 32.7 Å². The van der Waals surface area contributed by atoms with E-state index < -0.39 is 15.5 Å². The van der Waals surface area contributed by atoms with Crippen LogP contribution in [0.25, 0.3) is 0 Å². The van der Waals surface area contributed by atoms with Gasteiger partial charge in [0.25, 0.3) is 0 Å². The Morgan fingerprint density at radius 2 is 1.71 bits per heavy atom. The molecule has 166 valence electrons. The summed E-state index contributed by atoms with van der Waals surface area (Å²) in [4.78, 5) is 6.92. The van der Waals surface area contributed by atoms with Crippen molar-refractivity contribution in [3.63, 3.8) is 0 Å². The Balaban J connectivity index is 0.00000392. The zero-order valence-electron chi connectivity index (χ0n) is 17.1. The number of aliphatic imine (C=N–C) groups is 1. The van der Waals surface area contributed by atoms with Gasteiger partial charge in [-0.15, -0.1) is 24.0 Å². The predicted molar refractivity (Wildman–Crippen MR) is 115 cm³/mol. The number of halogens is 4. The van der Waals surface area contributed by atoms with Gasteiger partial charge in [0.1, 0.15) is 0 Å². The molecule has 2 aliphatic heterocycles. The molecule has 2 aliphatic rings.